The van der Waals surface area contributed by atoms with Gasteiger partial charge in [-0.15, -0.1) is 0 Å². The van der Waals surface area contributed by atoms with Crippen LogP contribution in [0.5, 0.6) is 5.75 Å². The maximum absolute atomic E-state index is 11.7. The summed E-state index contributed by atoms with van der Waals surface area (Å²) in [7, 11) is 0. The van der Waals surface area contributed by atoms with Crippen LogP contribution in [0.2, 0.25) is 0 Å². The molecule has 4 nitrogen and oxygen atoms in total. The predicted molar refractivity (Wildman–Crippen MR) is 82.4 cm³/mol. The molecule has 0 radical (unpaired) electrons. The first-order chi connectivity index (χ1) is 10.1. The van der Waals surface area contributed by atoms with Crippen LogP contribution in [0, 0.1) is 0 Å². The number of halogens is 1. The van der Waals surface area contributed by atoms with E-state index < -0.39 is 12.1 Å². The van der Waals surface area contributed by atoms with Gasteiger partial charge in [0.15, 0.2) is 0 Å². The molecule has 110 valence electrons. The van der Waals surface area contributed by atoms with Crippen molar-refractivity contribution in [2.24, 2.45) is 0 Å². The maximum Gasteiger partial charge on any atom is 0.338 e. The lowest BCUT2D eigenvalue weighted by atomic mass is 10.2. The van der Waals surface area contributed by atoms with Gasteiger partial charge in [0, 0.05) is 4.47 Å². The van der Waals surface area contributed by atoms with Crippen molar-refractivity contribution in [1.29, 1.82) is 0 Å². The highest BCUT2D eigenvalue weighted by molar-refractivity contribution is 9.10. The van der Waals surface area contributed by atoms with Gasteiger partial charge < -0.3 is 14.6 Å². The van der Waals surface area contributed by atoms with Gasteiger partial charge >= 0.3 is 5.97 Å². The van der Waals surface area contributed by atoms with Gasteiger partial charge in [-0.25, -0.2) is 4.79 Å². The standard InChI is InChI=1S/C16H15BrO4/c17-13-8-6-12(7-9-13)16(19)21-11-14(18)10-20-15-4-2-1-3-5-15/h1-9,14,18H,10-11H2. The lowest BCUT2D eigenvalue weighted by Crippen LogP contribution is -2.25. The molecule has 0 heterocycles. The minimum Gasteiger partial charge on any atom is -0.491 e. The van der Waals surface area contributed by atoms with Crippen molar-refractivity contribution in [3.63, 3.8) is 0 Å². The zero-order chi connectivity index (χ0) is 15.1. The fourth-order valence-corrected chi connectivity index (χ4v) is 1.86. The number of rotatable bonds is 6. The molecule has 0 aromatic heterocycles. The smallest absolute Gasteiger partial charge is 0.338 e. The largest absolute Gasteiger partial charge is 0.491 e. The van der Waals surface area contributed by atoms with Gasteiger partial charge in [-0.1, -0.05) is 34.1 Å². The van der Waals surface area contributed by atoms with Crippen molar-refractivity contribution in [1.82, 2.24) is 0 Å². The van der Waals surface area contributed by atoms with E-state index in [1.807, 2.05) is 18.2 Å². The Labute approximate surface area is 131 Å². The molecule has 0 saturated heterocycles. The average Bonchev–Trinajstić information content (AvgIpc) is 2.52. The molecular weight excluding hydrogens is 336 g/mol. The molecule has 0 aliphatic heterocycles. The summed E-state index contributed by atoms with van der Waals surface area (Å²) in [4.78, 5) is 11.7. The van der Waals surface area contributed by atoms with Gasteiger partial charge in [-0.3, -0.25) is 0 Å². The van der Waals surface area contributed by atoms with Crippen molar-refractivity contribution >= 4 is 21.9 Å². The maximum atomic E-state index is 11.7. The van der Waals surface area contributed by atoms with E-state index in [0.29, 0.717) is 11.3 Å². The Hall–Kier alpha value is -1.85. The number of carbonyl (C=O) groups is 1. The van der Waals surface area contributed by atoms with Gasteiger partial charge in [-0.2, -0.15) is 0 Å². The van der Waals surface area contributed by atoms with Crippen molar-refractivity contribution < 1.29 is 19.4 Å². The molecule has 2 aromatic carbocycles. The van der Waals surface area contributed by atoms with Crippen LogP contribution in [0.25, 0.3) is 0 Å². The first kappa shape index (κ1) is 15.5. The second kappa shape index (κ2) is 7.81. The highest BCUT2D eigenvalue weighted by Crippen LogP contribution is 2.12. The molecule has 0 saturated carbocycles. The van der Waals surface area contributed by atoms with E-state index in [1.165, 1.54) is 0 Å². The van der Waals surface area contributed by atoms with Gasteiger partial charge in [-0.05, 0) is 36.4 Å². The van der Waals surface area contributed by atoms with Crippen molar-refractivity contribution in [2.45, 2.75) is 6.10 Å². The Balaban J connectivity index is 1.74. The molecule has 21 heavy (non-hydrogen) atoms. The van der Waals surface area contributed by atoms with E-state index in [0.717, 1.165) is 4.47 Å². The summed E-state index contributed by atoms with van der Waals surface area (Å²) in [6.07, 6.45) is -0.871. The van der Waals surface area contributed by atoms with Crippen molar-refractivity contribution in [3.05, 3.63) is 64.6 Å². The topological polar surface area (TPSA) is 55.8 Å². The molecule has 0 spiro atoms. The van der Waals surface area contributed by atoms with Crippen LogP contribution in [0.15, 0.2) is 59.1 Å². The Morgan fingerprint density at radius 2 is 1.71 bits per heavy atom. The number of aliphatic hydroxyl groups is 1. The number of esters is 1. The number of aliphatic hydroxyl groups excluding tert-OH is 1. The van der Waals surface area contributed by atoms with Gasteiger partial charge in [0.1, 0.15) is 25.1 Å². The molecule has 2 aromatic rings. The van der Waals surface area contributed by atoms with Crippen LogP contribution in [0.3, 0.4) is 0 Å². The monoisotopic (exact) mass is 350 g/mol. The Morgan fingerprint density at radius 1 is 1.05 bits per heavy atom. The molecule has 0 aliphatic carbocycles. The lowest BCUT2D eigenvalue weighted by molar-refractivity contribution is 0.0130. The van der Waals surface area contributed by atoms with E-state index in [9.17, 15) is 9.90 Å². The SMILES string of the molecule is O=C(OCC(O)COc1ccccc1)c1ccc(Br)cc1. The Morgan fingerprint density at radius 3 is 2.38 bits per heavy atom. The minimum absolute atomic E-state index is 0.0671. The highest BCUT2D eigenvalue weighted by Gasteiger charge is 2.11. The molecule has 0 bridgehead atoms. The molecule has 2 rings (SSSR count). The summed E-state index contributed by atoms with van der Waals surface area (Å²) in [6.45, 7) is -0.0423. The second-order valence-electron chi connectivity index (χ2n) is 4.38. The third-order valence-electron chi connectivity index (χ3n) is 2.67. The van der Waals surface area contributed by atoms with Gasteiger partial charge in [0.2, 0.25) is 0 Å². The van der Waals surface area contributed by atoms with E-state index in [4.69, 9.17) is 9.47 Å². The summed E-state index contributed by atoms with van der Waals surface area (Å²) in [5.74, 6) is 0.192. The van der Waals surface area contributed by atoms with E-state index in [1.54, 1.807) is 36.4 Å². The third-order valence-corrected chi connectivity index (χ3v) is 3.20. The van der Waals surface area contributed by atoms with Crippen molar-refractivity contribution in [2.75, 3.05) is 13.2 Å². The summed E-state index contributed by atoms with van der Waals surface area (Å²) >= 11 is 3.29. The number of carbonyl (C=O) groups excluding carboxylic acids is 1. The summed E-state index contributed by atoms with van der Waals surface area (Å²) < 4.78 is 11.3. The quantitative estimate of drug-likeness (QED) is 0.813. The van der Waals surface area contributed by atoms with Gasteiger partial charge in [0.25, 0.3) is 0 Å². The Bertz CT molecular complexity index is 569. The number of benzene rings is 2. The normalized spacial score (nSPS) is 11.7. The first-order valence-corrected chi connectivity index (χ1v) is 7.23. The molecule has 5 heteroatoms. The second-order valence-corrected chi connectivity index (χ2v) is 5.30. The molecule has 1 N–H and O–H groups in total. The van der Waals surface area contributed by atoms with Crippen LogP contribution in [-0.2, 0) is 4.74 Å². The third kappa shape index (κ3) is 5.21. The zero-order valence-electron chi connectivity index (χ0n) is 11.2. The van der Waals surface area contributed by atoms with Gasteiger partial charge in [0.05, 0.1) is 5.56 Å². The number of para-hydroxylation sites is 1. The summed E-state index contributed by atoms with van der Waals surface area (Å²) in [6, 6.07) is 16.0. The summed E-state index contributed by atoms with van der Waals surface area (Å²) in [5, 5.41) is 9.74. The molecular formula is C16H15BrO4. The van der Waals surface area contributed by atoms with E-state index in [-0.39, 0.29) is 13.2 Å². The minimum atomic E-state index is -0.871. The van der Waals surface area contributed by atoms with E-state index in [2.05, 4.69) is 15.9 Å². The highest BCUT2D eigenvalue weighted by atomic mass is 79.9. The van der Waals surface area contributed by atoms with Crippen molar-refractivity contribution in [3.8, 4) is 5.75 Å². The van der Waals surface area contributed by atoms with Crippen LogP contribution in [-0.4, -0.2) is 30.4 Å². The fraction of sp³-hybridized carbons (Fsp3) is 0.188. The van der Waals surface area contributed by atoms with Crippen LogP contribution in [0.1, 0.15) is 10.4 Å². The summed E-state index contributed by atoms with van der Waals surface area (Å²) in [5.41, 5.74) is 0.439. The van der Waals surface area contributed by atoms with Crippen LogP contribution >= 0.6 is 15.9 Å². The first-order valence-electron chi connectivity index (χ1n) is 6.44. The molecule has 0 aliphatic rings. The predicted octanol–water partition coefficient (Wildman–Crippen LogP) is 3.05. The molecule has 0 fully saturated rings. The van der Waals surface area contributed by atoms with Crippen LogP contribution < -0.4 is 4.74 Å². The average molecular weight is 351 g/mol. The number of hydrogen-bond donors (Lipinski definition) is 1. The lowest BCUT2D eigenvalue weighted by Gasteiger charge is -2.12. The molecule has 0 amide bonds. The Kier molecular flexibility index (Phi) is 5.78. The fourth-order valence-electron chi connectivity index (χ4n) is 1.60. The van der Waals surface area contributed by atoms with Crippen LogP contribution in [0.4, 0.5) is 0 Å². The van der Waals surface area contributed by atoms with E-state index >= 15 is 0 Å². The number of ether oxygens (including phenoxy) is 2. The molecule has 1 unspecified atom stereocenters. The zero-order valence-corrected chi connectivity index (χ0v) is 12.8. The molecule has 1 atom stereocenters. The number of hydrogen-bond acceptors (Lipinski definition) is 4.